The summed E-state index contributed by atoms with van der Waals surface area (Å²) in [6.45, 7) is 0. The van der Waals surface area contributed by atoms with Crippen LogP contribution in [-0.2, 0) is 33.2 Å². The van der Waals surface area contributed by atoms with E-state index < -0.39 is 22.7 Å². The van der Waals surface area contributed by atoms with Gasteiger partial charge in [-0.1, -0.05) is 24.3 Å². The van der Waals surface area contributed by atoms with Gasteiger partial charge in [-0.3, -0.25) is 13.8 Å². The SMILES string of the molecule is CSc1cccc(-c2cc(CC(=O)O)c(-c3ccc(-c4sc(-c5cccc(S(C)=O)c5)cc4CC(=O)O)s3)s2)c1. The average Bonchev–Trinajstić information content (AvgIpc) is 3.66. The van der Waals surface area contributed by atoms with E-state index in [9.17, 15) is 24.0 Å². The number of aliphatic carboxylic acids is 2. The minimum absolute atomic E-state index is 0.0795. The van der Waals surface area contributed by atoms with Gasteiger partial charge in [-0.2, -0.15) is 0 Å². The van der Waals surface area contributed by atoms with Crippen molar-refractivity contribution in [3.05, 3.63) is 83.9 Å². The van der Waals surface area contributed by atoms with Crippen molar-refractivity contribution in [2.45, 2.75) is 22.6 Å². The summed E-state index contributed by atoms with van der Waals surface area (Å²) in [5.41, 5.74) is 3.42. The van der Waals surface area contributed by atoms with Crippen molar-refractivity contribution in [1.29, 1.82) is 0 Å². The molecular formula is C30H24O5S5. The Morgan fingerprint density at radius 1 is 0.725 bits per heavy atom. The molecule has 0 fully saturated rings. The minimum Gasteiger partial charge on any atom is -0.481 e. The van der Waals surface area contributed by atoms with Crippen LogP contribution in [0.4, 0.5) is 0 Å². The number of thioether (sulfide) groups is 1. The maximum atomic E-state index is 12.0. The van der Waals surface area contributed by atoms with Gasteiger partial charge in [-0.15, -0.1) is 45.8 Å². The first-order chi connectivity index (χ1) is 19.2. The molecule has 5 aromatic rings. The fourth-order valence-electron chi connectivity index (χ4n) is 4.33. The molecule has 10 heteroatoms. The number of hydrogen-bond donors (Lipinski definition) is 2. The van der Waals surface area contributed by atoms with Crippen molar-refractivity contribution in [3.63, 3.8) is 0 Å². The van der Waals surface area contributed by atoms with E-state index in [1.165, 1.54) is 22.7 Å². The molecule has 0 spiro atoms. The molecule has 1 atom stereocenters. The maximum absolute atomic E-state index is 12.0. The molecule has 0 aliphatic carbocycles. The molecule has 5 rings (SSSR count). The van der Waals surface area contributed by atoms with Crippen LogP contribution in [0.1, 0.15) is 11.1 Å². The fraction of sp³-hybridized carbons (Fsp3) is 0.133. The van der Waals surface area contributed by atoms with Crippen molar-refractivity contribution >= 4 is 68.5 Å². The molecule has 0 aliphatic heterocycles. The summed E-state index contributed by atoms with van der Waals surface area (Å²) < 4.78 is 12.0. The van der Waals surface area contributed by atoms with Crippen molar-refractivity contribution in [1.82, 2.24) is 0 Å². The van der Waals surface area contributed by atoms with E-state index >= 15 is 0 Å². The first-order valence-electron chi connectivity index (χ1n) is 12.1. The summed E-state index contributed by atoms with van der Waals surface area (Å²) in [4.78, 5) is 30.9. The highest BCUT2D eigenvalue weighted by Crippen LogP contribution is 2.47. The van der Waals surface area contributed by atoms with Crippen LogP contribution in [0.15, 0.2) is 82.6 Å². The van der Waals surface area contributed by atoms with Gasteiger partial charge >= 0.3 is 11.9 Å². The van der Waals surface area contributed by atoms with Crippen molar-refractivity contribution in [3.8, 4) is 40.4 Å². The van der Waals surface area contributed by atoms with Gasteiger partial charge in [0, 0.05) is 56.1 Å². The van der Waals surface area contributed by atoms with E-state index in [1.54, 1.807) is 29.4 Å². The third kappa shape index (κ3) is 6.31. The second-order valence-electron chi connectivity index (χ2n) is 8.95. The topological polar surface area (TPSA) is 91.7 Å². The summed E-state index contributed by atoms with van der Waals surface area (Å²) in [5.74, 6) is -1.80. The number of hydrogen-bond acceptors (Lipinski definition) is 7. The average molecular weight is 625 g/mol. The van der Waals surface area contributed by atoms with E-state index in [4.69, 9.17) is 0 Å². The van der Waals surface area contributed by atoms with Gasteiger partial charge in [0.1, 0.15) is 0 Å². The van der Waals surface area contributed by atoms with Crippen LogP contribution >= 0.6 is 45.8 Å². The lowest BCUT2D eigenvalue weighted by molar-refractivity contribution is -0.137. The van der Waals surface area contributed by atoms with Gasteiger partial charge < -0.3 is 10.2 Å². The third-order valence-electron chi connectivity index (χ3n) is 6.16. The fourth-order valence-corrected chi connectivity index (χ4v) is 9.01. The lowest BCUT2D eigenvalue weighted by atomic mass is 10.1. The highest BCUT2D eigenvalue weighted by atomic mass is 32.2. The molecule has 0 amide bonds. The van der Waals surface area contributed by atoms with Crippen molar-refractivity contribution in [2.24, 2.45) is 0 Å². The number of rotatable bonds is 10. The van der Waals surface area contributed by atoms with Crippen LogP contribution in [0.2, 0.25) is 0 Å². The monoisotopic (exact) mass is 624 g/mol. The Bertz CT molecular complexity index is 1740. The summed E-state index contributed by atoms with van der Waals surface area (Å²) in [6.07, 6.45) is 3.47. The highest BCUT2D eigenvalue weighted by molar-refractivity contribution is 7.98. The normalized spacial score (nSPS) is 11.9. The maximum Gasteiger partial charge on any atom is 0.307 e. The lowest BCUT2D eigenvalue weighted by Crippen LogP contribution is -1.99. The predicted molar refractivity (Wildman–Crippen MR) is 169 cm³/mol. The highest BCUT2D eigenvalue weighted by Gasteiger charge is 2.20. The van der Waals surface area contributed by atoms with E-state index in [1.807, 2.05) is 73.0 Å². The van der Waals surface area contributed by atoms with Gasteiger partial charge in [0.2, 0.25) is 0 Å². The summed E-state index contributed by atoms with van der Waals surface area (Å²) in [7, 11) is -1.12. The molecule has 1 unspecified atom stereocenters. The van der Waals surface area contributed by atoms with Crippen molar-refractivity contribution in [2.75, 3.05) is 12.5 Å². The number of carboxylic acids is 2. The Balaban J connectivity index is 1.56. The summed E-state index contributed by atoms with van der Waals surface area (Å²) >= 11 is 6.29. The second kappa shape index (κ2) is 12.2. The number of benzene rings is 2. The van der Waals surface area contributed by atoms with Gasteiger partial charge in [0.05, 0.1) is 12.8 Å². The van der Waals surface area contributed by atoms with Crippen LogP contribution in [-0.4, -0.2) is 38.9 Å². The number of carboxylic acid groups (broad SMARTS) is 2. The van der Waals surface area contributed by atoms with Crippen LogP contribution in [0.25, 0.3) is 40.4 Å². The van der Waals surface area contributed by atoms with Crippen LogP contribution in [0.3, 0.4) is 0 Å². The van der Waals surface area contributed by atoms with E-state index in [-0.39, 0.29) is 12.8 Å². The van der Waals surface area contributed by atoms with Crippen LogP contribution < -0.4 is 0 Å². The van der Waals surface area contributed by atoms with Crippen molar-refractivity contribution < 1.29 is 24.0 Å². The van der Waals surface area contributed by atoms with Gasteiger partial charge in [-0.05, 0) is 77.0 Å². The first kappa shape index (κ1) is 28.5. The van der Waals surface area contributed by atoms with Crippen LogP contribution in [0, 0.1) is 0 Å². The van der Waals surface area contributed by atoms with Gasteiger partial charge in [0.25, 0.3) is 0 Å². The zero-order chi connectivity index (χ0) is 28.4. The zero-order valence-corrected chi connectivity index (χ0v) is 25.6. The van der Waals surface area contributed by atoms with Crippen LogP contribution in [0.5, 0.6) is 0 Å². The largest absolute Gasteiger partial charge is 0.481 e. The first-order valence-corrected chi connectivity index (χ1v) is 17.3. The molecule has 0 aliphatic rings. The Morgan fingerprint density at radius 3 is 1.75 bits per heavy atom. The molecule has 40 heavy (non-hydrogen) atoms. The Hall–Kier alpha value is -3.02. The number of carbonyl (C=O) groups is 2. The van der Waals surface area contributed by atoms with E-state index in [0.717, 1.165) is 56.4 Å². The lowest BCUT2D eigenvalue weighted by Gasteiger charge is -2.00. The number of thiophene rings is 3. The quantitative estimate of drug-likeness (QED) is 0.152. The molecule has 3 aromatic heterocycles. The molecular weight excluding hydrogens is 601 g/mol. The smallest absolute Gasteiger partial charge is 0.307 e. The molecule has 0 saturated carbocycles. The molecule has 204 valence electrons. The molecule has 2 N–H and O–H groups in total. The molecule has 2 aromatic carbocycles. The Labute approximate surface area is 250 Å². The Morgan fingerprint density at radius 2 is 1.25 bits per heavy atom. The minimum atomic E-state index is -1.12. The molecule has 0 radical (unpaired) electrons. The summed E-state index contributed by atoms with van der Waals surface area (Å²) in [5, 5.41) is 19.2. The van der Waals surface area contributed by atoms with E-state index in [0.29, 0.717) is 4.90 Å². The molecule has 0 saturated heterocycles. The van der Waals surface area contributed by atoms with Gasteiger partial charge in [0.15, 0.2) is 0 Å². The standard InChI is InChI=1S/C30H24O5S5/c1-36-21-7-3-5-17(11-21)25-13-19(15-27(31)32)29(38-25)23-9-10-24(37-23)30-20(16-28(33)34)14-26(39-30)18-6-4-8-22(12-18)40(2)35/h3-14H,15-16H2,1-2H3,(H,31,32)(H,33,34). The van der Waals surface area contributed by atoms with E-state index in [2.05, 4.69) is 6.07 Å². The third-order valence-corrected chi connectivity index (χ3v) is 11.7. The molecule has 0 bridgehead atoms. The van der Waals surface area contributed by atoms with Gasteiger partial charge in [-0.25, -0.2) is 0 Å². The molecule has 5 nitrogen and oxygen atoms in total. The predicted octanol–water partition coefficient (Wildman–Crippen LogP) is 8.25. The second-order valence-corrected chi connectivity index (χ2v) is 14.4. The summed E-state index contributed by atoms with van der Waals surface area (Å²) in [6, 6.07) is 23.5. The Kier molecular flexibility index (Phi) is 8.72. The zero-order valence-electron chi connectivity index (χ0n) is 21.5. The molecule has 3 heterocycles.